The second-order valence-corrected chi connectivity index (χ2v) is 9.70. The van der Waals surface area contributed by atoms with Gasteiger partial charge >= 0.3 is 0 Å². The van der Waals surface area contributed by atoms with Crippen LogP contribution in [0.2, 0.25) is 5.02 Å². The van der Waals surface area contributed by atoms with Gasteiger partial charge in [0.25, 0.3) is 10.0 Å². The first-order valence-electron chi connectivity index (χ1n) is 7.66. The van der Waals surface area contributed by atoms with Crippen molar-refractivity contribution in [3.63, 3.8) is 0 Å². The van der Waals surface area contributed by atoms with E-state index >= 15 is 0 Å². The van der Waals surface area contributed by atoms with Crippen LogP contribution in [-0.4, -0.2) is 35.6 Å². The minimum Gasteiger partial charge on any atom is -0.495 e. The van der Waals surface area contributed by atoms with E-state index in [2.05, 4.69) is 4.72 Å². The molecule has 1 aliphatic heterocycles. The second-order valence-electron chi connectivity index (χ2n) is 5.68. The van der Waals surface area contributed by atoms with Gasteiger partial charge in [0, 0.05) is 11.4 Å². The number of hydrogen-bond acceptors (Lipinski definition) is 6. The topological polar surface area (TPSA) is 110 Å². The summed E-state index contributed by atoms with van der Waals surface area (Å²) in [6, 6.07) is 9.79. The molecule has 2 aromatic carbocycles. The molecule has 2 aromatic rings. The first kappa shape index (κ1) is 19.5. The lowest BCUT2D eigenvalue weighted by atomic mass is 10.3. The van der Waals surface area contributed by atoms with Gasteiger partial charge in [0.2, 0.25) is 15.9 Å². The van der Waals surface area contributed by atoms with E-state index in [1.54, 1.807) is 12.1 Å². The minimum atomic E-state index is -4.15. The van der Waals surface area contributed by atoms with Crippen LogP contribution >= 0.6 is 11.6 Å². The third kappa shape index (κ3) is 3.87. The highest BCUT2D eigenvalue weighted by Gasteiger charge is 2.37. The number of halogens is 1. The molecule has 1 N–H and O–H groups in total. The molecule has 1 heterocycles. The first-order chi connectivity index (χ1) is 12.6. The van der Waals surface area contributed by atoms with Crippen LogP contribution in [0.15, 0.2) is 47.4 Å². The predicted molar refractivity (Wildman–Crippen MR) is 101 cm³/mol. The smallest absolute Gasteiger partial charge is 0.265 e. The summed E-state index contributed by atoms with van der Waals surface area (Å²) < 4.78 is 57.9. The standard InChI is InChI=1S/C16H15ClN2O6S2/c1-25-14-6-5-13(19-16(20)7-8-26(19,21)22)10-15(14)27(23,24)18-12-4-2-3-11(17)9-12/h2-6,9-10,18H,7-8H2,1H3. The Morgan fingerprint density at radius 3 is 2.52 bits per heavy atom. The Labute approximate surface area is 161 Å². The zero-order valence-electron chi connectivity index (χ0n) is 14.0. The molecule has 0 bridgehead atoms. The van der Waals surface area contributed by atoms with Crippen LogP contribution < -0.4 is 13.8 Å². The highest BCUT2D eigenvalue weighted by Crippen LogP contribution is 2.33. The summed E-state index contributed by atoms with van der Waals surface area (Å²) in [5.74, 6) is -0.940. The summed E-state index contributed by atoms with van der Waals surface area (Å²) in [5, 5.41) is 0.338. The Morgan fingerprint density at radius 1 is 1.19 bits per heavy atom. The quantitative estimate of drug-likeness (QED) is 0.778. The van der Waals surface area contributed by atoms with Gasteiger partial charge in [-0.2, -0.15) is 0 Å². The summed E-state index contributed by atoms with van der Waals surface area (Å²) in [7, 11) is -6.69. The zero-order chi connectivity index (χ0) is 19.8. The summed E-state index contributed by atoms with van der Waals surface area (Å²) in [4.78, 5) is 11.7. The monoisotopic (exact) mass is 430 g/mol. The molecular formula is C16H15ClN2O6S2. The summed E-state index contributed by atoms with van der Waals surface area (Å²) >= 11 is 5.87. The minimum absolute atomic E-state index is 0.00248. The van der Waals surface area contributed by atoms with E-state index in [0.29, 0.717) is 9.33 Å². The van der Waals surface area contributed by atoms with Gasteiger partial charge in [0.1, 0.15) is 10.6 Å². The van der Waals surface area contributed by atoms with Crippen LogP contribution in [0, 0.1) is 0 Å². The average molecular weight is 431 g/mol. The SMILES string of the molecule is COc1ccc(N2C(=O)CCS2(=O)=O)cc1S(=O)(=O)Nc1cccc(Cl)c1. The van der Waals surface area contributed by atoms with E-state index in [0.717, 1.165) is 6.07 Å². The highest BCUT2D eigenvalue weighted by molar-refractivity contribution is 7.94. The van der Waals surface area contributed by atoms with E-state index in [9.17, 15) is 21.6 Å². The number of hydrogen-bond donors (Lipinski definition) is 1. The number of amides is 1. The van der Waals surface area contributed by atoms with E-state index in [-0.39, 0.29) is 34.2 Å². The van der Waals surface area contributed by atoms with Crippen LogP contribution in [0.3, 0.4) is 0 Å². The van der Waals surface area contributed by atoms with Crippen molar-refractivity contribution < 1.29 is 26.4 Å². The molecule has 1 amide bonds. The normalized spacial score (nSPS) is 16.4. The van der Waals surface area contributed by atoms with Gasteiger partial charge in [-0.05, 0) is 36.4 Å². The van der Waals surface area contributed by atoms with Crippen molar-refractivity contribution in [1.82, 2.24) is 0 Å². The van der Waals surface area contributed by atoms with Crippen molar-refractivity contribution in [2.24, 2.45) is 0 Å². The fraction of sp³-hybridized carbons (Fsp3) is 0.188. The number of methoxy groups -OCH3 is 1. The Bertz CT molecular complexity index is 1120. The molecule has 144 valence electrons. The molecule has 0 saturated carbocycles. The number of carbonyl (C=O) groups excluding carboxylic acids is 1. The lowest BCUT2D eigenvalue weighted by Crippen LogP contribution is -2.29. The number of nitrogens with one attached hydrogen (secondary N) is 1. The molecule has 8 nitrogen and oxygen atoms in total. The van der Waals surface area contributed by atoms with Gasteiger partial charge in [-0.3, -0.25) is 9.52 Å². The largest absolute Gasteiger partial charge is 0.495 e. The van der Waals surface area contributed by atoms with E-state index in [1.807, 2.05) is 0 Å². The van der Waals surface area contributed by atoms with Crippen molar-refractivity contribution in [2.75, 3.05) is 21.9 Å². The number of carbonyl (C=O) groups is 1. The van der Waals surface area contributed by atoms with Crippen molar-refractivity contribution in [3.8, 4) is 5.75 Å². The van der Waals surface area contributed by atoms with Crippen molar-refractivity contribution >= 4 is 48.9 Å². The summed E-state index contributed by atoms with van der Waals surface area (Å²) in [5.41, 5.74) is 0.157. The molecule has 27 heavy (non-hydrogen) atoms. The van der Waals surface area contributed by atoms with Crippen molar-refractivity contribution in [3.05, 3.63) is 47.5 Å². The molecule has 0 aliphatic carbocycles. The predicted octanol–water partition coefficient (Wildman–Crippen LogP) is 2.22. The van der Waals surface area contributed by atoms with Crippen LogP contribution in [0.5, 0.6) is 5.75 Å². The molecule has 0 aromatic heterocycles. The molecule has 0 atom stereocenters. The Morgan fingerprint density at radius 2 is 1.93 bits per heavy atom. The van der Waals surface area contributed by atoms with E-state index in [1.165, 1.54) is 31.4 Å². The molecule has 0 unspecified atom stereocenters. The molecule has 3 rings (SSSR count). The zero-order valence-corrected chi connectivity index (χ0v) is 16.4. The molecule has 0 spiro atoms. The second kappa shape index (κ2) is 7.02. The van der Waals surface area contributed by atoms with Gasteiger partial charge < -0.3 is 4.74 Å². The number of rotatable bonds is 5. The number of sulfonamides is 2. The highest BCUT2D eigenvalue weighted by atomic mass is 35.5. The molecular weight excluding hydrogens is 416 g/mol. The lowest BCUT2D eigenvalue weighted by molar-refractivity contribution is -0.116. The summed E-state index contributed by atoms with van der Waals surface area (Å²) in [6.07, 6.45) is -0.156. The van der Waals surface area contributed by atoms with Gasteiger partial charge in [-0.25, -0.2) is 21.1 Å². The molecule has 0 radical (unpaired) electrons. The van der Waals surface area contributed by atoms with Gasteiger partial charge in [0.05, 0.1) is 24.2 Å². The maximum absolute atomic E-state index is 12.8. The fourth-order valence-corrected chi connectivity index (χ4v) is 5.51. The van der Waals surface area contributed by atoms with Crippen LogP contribution in [0.25, 0.3) is 0 Å². The van der Waals surface area contributed by atoms with E-state index < -0.39 is 26.0 Å². The first-order valence-corrected chi connectivity index (χ1v) is 11.1. The third-order valence-corrected chi connectivity index (χ3v) is 7.16. The molecule has 11 heteroatoms. The van der Waals surface area contributed by atoms with Crippen LogP contribution in [-0.2, 0) is 24.8 Å². The van der Waals surface area contributed by atoms with Crippen molar-refractivity contribution in [1.29, 1.82) is 0 Å². The number of benzene rings is 2. The van der Waals surface area contributed by atoms with Crippen molar-refractivity contribution in [2.45, 2.75) is 11.3 Å². The third-order valence-electron chi connectivity index (χ3n) is 3.83. The van der Waals surface area contributed by atoms with Crippen LogP contribution in [0.4, 0.5) is 11.4 Å². The van der Waals surface area contributed by atoms with Gasteiger partial charge in [-0.15, -0.1) is 0 Å². The number of anilines is 2. The fourth-order valence-electron chi connectivity index (χ4n) is 2.63. The lowest BCUT2D eigenvalue weighted by Gasteiger charge is -2.18. The number of ether oxygens (including phenoxy) is 1. The Kier molecular flexibility index (Phi) is 5.06. The average Bonchev–Trinajstić information content (AvgIpc) is 2.87. The number of nitrogens with zero attached hydrogens (tertiary/aromatic N) is 1. The molecule has 1 fully saturated rings. The van der Waals surface area contributed by atoms with Crippen LogP contribution in [0.1, 0.15) is 6.42 Å². The maximum Gasteiger partial charge on any atom is 0.265 e. The van der Waals surface area contributed by atoms with Gasteiger partial charge in [-0.1, -0.05) is 17.7 Å². The van der Waals surface area contributed by atoms with Gasteiger partial charge in [0.15, 0.2) is 0 Å². The van der Waals surface area contributed by atoms with E-state index in [4.69, 9.17) is 16.3 Å². The molecule has 1 aliphatic rings. The Balaban J connectivity index is 2.07. The summed E-state index contributed by atoms with van der Waals surface area (Å²) in [6.45, 7) is 0. The maximum atomic E-state index is 12.8. The Hall–Kier alpha value is -2.30. The molecule has 1 saturated heterocycles.